The summed E-state index contributed by atoms with van der Waals surface area (Å²) < 4.78 is 18.1. The van der Waals surface area contributed by atoms with Gasteiger partial charge in [0.05, 0.1) is 16.5 Å². The standard InChI is InChI=1S/C33H33N3O5S2/c34-24-33(31(37)38,36-32(39)41-22-25-12-5-3-6-13-25)21-26-14-11-18-29(20-26)43(40)19-10-2-1-9-17-28-23-42-30(35-28)27-15-7-4-8-16-27/h3-8,11-16,18,20,23H,1-2,9-10,17,19,21-22H2,(H,36,39)(H,37,38). The van der Waals surface area contributed by atoms with Crippen molar-refractivity contribution in [2.24, 2.45) is 0 Å². The molecule has 2 unspecified atom stereocenters. The Hall–Kier alpha value is -4.33. The summed E-state index contributed by atoms with van der Waals surface area (Å²) in [7, 11) is -1.28. The minimum atomic E-state index is -2.24. The van der Waals surface area contributed by atoms with Crippen LogP contribution in [-0.4, -0.2) is 37.7 Å². The van der Waals surface area contributed by atoms with Crippen LogP contribution in [0, 0.1) is 11.3 Å². The number of hydrogen-bond donors (Lipinski definition) is 2. The fourth-order valence-corrected chi connectivity index (χ4v) is 6.55. The Morgan fingerprint density at radius 2 is 1.65 bits per heavy atom. The SMILES string of the molecule is N#CC(Cc1cccc(S(=O)CCCCCCc2csc(-c3ccccc3)n2)c1)(NC(=O)OCc1ccccc1)C(=O)O. The van der Waals surface area contributed by atoms with E-state index in [9.17, 15) is 24.2 Å². The van der Waals surface area contributed by atoms with Gasteiger partial charge in [0.1, 0.15) is 17.7 Å². The van der Waals surface area contributed by atoms with Gasteiger partial charge in [-0.25, -0.2) is 14.6 Å². The van der Waals surface area contributed by atoms with Crippen molar-refractivity contribution >= 4 is 34.2 Å². The van der Waals surface area contributed by atoms with Crippen molar-refractivity contribution in [3.8, 4) is 16.6 Å². The van der Waals surface area contributed by atoms with Gasteiger partial charge in [-0.15, -0.1) is 11.3 Å². The molecular formula is C33H33N3O5S2. The second-order valence-electron chi connectivity index (χ2n) is 10.1. The predicted octanol–water partition coefficient (Wildman–Crippen LogP) is 6.54. The Balaban J connectivity index is 1.24. The maximum atomic E-state index is 13.0. The molecule has 0 bridgehead atoms. The summed E-state index contributed by atoms with van der Waals surface area (Å²) in [5, 5.41) is 25.0. The van der Waals surface area contributed by atoms with Gasteiger partial charge in [-0.1, -0.05) is 85.6 Å². The number of carboxylic acids is 1. The van der Waals surface area contributed by atoms with Gasteiger partial charge in [0, 0.05) is 28.0 Å². The third-order valence-corrected chi connectivity index (χ3v) is 9.18. The summed E-state index contributed by atoms with van der Waals surface area (Å²) in [6.45, 7) is -0.0671. The number of benzene rings is 3. The Morgan fingerprint density at radius 3 is 2.37 bits per heavy atom. The van der Waals surface area contributed by atoms with Gasteiger partial charge >= 0.3 is 12.1 Å². The minimum absolute atomic E-state index is 0.0671. The first-order chi connectivity index (χ1) is 20.9. The number of thiazole rings is 1. The van der Waals surface area contributed by atoms with Crippen LogP contribution < -0.4 is 5.32 Å². The number of nitrogens with zero attached hydrogens (tertiary/aromatic N) is 2. The monoisotopic (exact) mass is 615 g/mol. The van der Waals surface area contributed by atoms with Crippen molar-refractivity contribution in [3.05, 3.63) is 107 Å². The van der Waals surface area contributed by atoms with E-state index in [0.717, 1.165) is 53.9 Å². The van der Waals surface area contributed by atoms with Crippen molar-refractivity contribution in [1.29, 1.82) is 5.26 Å². The maximum Gasteiger partial charge on any atom is 0.409 e. The average Bonchev–Trinajstić information content (AvgIpc) is 3.51. The van der Waals surface area contributed by atoms with Gasteiger partial charge < -0.3 is 9.84 Å². The fourth-order valence-electron chi connectivity index (χ4n) is 4.47. The maximum absolute atomic E-state index is 13.0. The number of carboxylic acid groups (broad SMARTS) is 1. The molecule has 10 heteroatoms. The summed E-state index contributed by atoms with van der Waals surface area (Å²) >= 11 is 1.66. The zero-order chi connectivity index (χ0) is 30.5. The van der Waals surface area contributed by atoms with Crippen LogP contribution in [0.2, 0.25) is 0 Å². The van der Waals surface area contributed by atoms with E-state index in [1.165, 1.54) is 0 Å². The number of hydrogen-bond acceptors (Lipinski definition) is 7. The van der Waals surface area contributed by atoms with Crippen LogP contribution in [0.4, 0.5) is 4.79 Å². The summed E-state index contributed by atoms with van der Waals surface area (Å²) in [4.78, 5) is 29.8. The summed E-state index contributed by atoms with van der Waals surface area (Å²) in [5.41, 5.74) is 1.17. The molecule has 3 aromatic carbocycles. The first kappa shape index (κ1) is 31.6. The van der Waals surface area contributed by atoms with Crippen LogP contribution in [0.25, 0.3) is 10.6 Å². The number of aromatic nitrogens is 1. The normalized spacial score (nSPS) is 12.9. The topological polar surface area (TPSA) is 129 Å². The molecule has 4 aromatic rings. The third kappa shape index (κ3) is 9.33. The van der Waals surface area contributed by atoms with Crippen LogP contribution in [0.15, 0.2) is 95.2 Å². The van der Waals surface area contributed by atoms with Crippen molar-refractivity contribution in [3.63, 3.8) is 0 Å². The summed E-state index contributed by atoms with van der Waals surface area (Å²) in [5.74, 6) is -1.03. The second kappa shape index (κ2) is 15.8. The molecule has 0 aliphatic heterocycles. The summed E-state index contributed by atoms with van der Waals surface area (Å²) in [6.07, 6.45) is 3.32. The molecule has 4 rings (SSSR count). The number of carbonyl (C=O) groups is 2. The lowest BCUT2D eigenvalue weighted by molar-refractivity contribution is -0.142. The number of ether oxygens (including phenoxy) is 1. The zero-order valence-corrected chi connectivity index (χ0v) is 25.2. The van der Waals surface area contributed by atoms with E-state index in [4.69, 9.17) is 9.72 Å². The van der Waals surface area contributed by atoms with E-state index < -0.39 is 28.4 Å². The van der Waals surface area contributed by atoms with E-state index in [1.807, 2.05) is 24.3 Å². The Kier molecular flexibility index (Phi) is 11.6. The van der Waals surface area contributed by atoms with Crippen LogP contribution in [-0.2, 0) is 39.8 Å². The number of nitriles is 1. The van der Waals surface area contributed by atoms with Crippen molar-refractivity contribution in [1.82, 2.24) is 10.3 Å². The fraction of sp³-hybridized carbons (Fsp3) is 0.273. The molecule has 1 aromatic heterocycles. The molecule has 1 amide bonds. The van der Waals surface area contributed by atoms with Gasteiger partial charge in [0.15, 0.2) is 0 Å². The van der Waals surface area contributed by atoms with Crippen LogP contribution in [0.1, 0.15) is 42.5 Å². The molecule has 2 atom stereocenters. The lowest BCUT2D eigenvalue weighted by Crippen LogP contribution is -2.55. The highest BCUT2D eigenvalue weighted by Crippen LogP contribution is 2.24. The van der Waals surface area contributed by atoms with Crippen LogP contribution in [0.5, 0.6) is 0 Å². The molecular weight excluding hydrogens is 583 g/mol. The molecule has 222 valence electrons. The molecule has 0 saturated carbocycles. The molecule has 0 spiro atoms. The van der Waals surface area contributed by atoms with Crippen LogP contribution in [0.3, 0.4) is 0 Å². The predicted molar refractivity (Wildman–Crippen MR) is 167 cm³/mol. The number of aliphatic carboxylic acids is 1. The highest BCUT2D eigenvalue weighted by Gasteiger charge is 2.41. The Morgan fingerprint density at radius 1 is 0.953 bits per heavy atom. The number of amides is 1. The number of unbranched alkanes of at least 4 members (excludes halogenated alkanes) is 3. The Bertz CT molecular complexity index is 1570. The molecule has 2 N–H and O–H groups in total. The number of alkyl carbamates (subject to hydrolysis) is 1. The molecule has 0 aliphatic rings. The van der Waals surface area contributed by atoms with E-state index in [1.54, 1.807) is 65.9 Å². The molecule has 1 heterocycles. The highest BCUT2D eigenvalue weighted by atomic mass is 32.2. The van der Waals surface area contributed by atoms with E-state index >= 15 is 0 Å². The van der Waals surface area contributed by atoms with Gasteiger partial charge in [-0.05, 0) is 42.5 Å². The first-order valence-corrected chi connectivity index (χ1v) is 16.2. The molecule has 0 fully saturated rings. The third-order valence-electron chi connectivity index (χ3n) is 6.80. The number of rotatable bonds is 15. The van der Waals surface area contributed by atoms with Gasteiger partial charge in [0.25, 0.3) is 0 Å². The van der Waals surface area contributed by atoms with E-state index in [0.29, 0.717) is 16.2 Å². The molecule has 43 heavy (non-hydrogen) atoms. The molecule has 0 saturated heterocycles. The van der Waals surface area contributed by atoms with E-state index in [2.05, 4.69) is 22.8 Å². The van der Waals surface area contributed by atoms with Gasteiger partial charge in [-0.2, -0.15) is 5.26 Å². The first-order valence-electron chi connectivity index (χ1n) is 14.0. The quantitative estimate of drug-likeness (QED) is 0.145. The molecule has 0 aliphatic carbocycles. The number of carbonyl (C=O) groups excluding carboxylic acids is 1. The van der Waals surface area contributed by atoms with Gasteiger partial charge in [0.2, 0.25) is 5.54 Å². The van der Waals surface area contributed by atoms with Crippen molar-refractivity contribution in [2.75, 3.05) is 5.75 Å². The number of nitrogens with one attached hydrogen (secondary N) is 1. The van der Waals surface area contributed by atoms with Gasteiger partial charge in [-0.3, -0.25) is 9.53 Å². The number of aryl methyl sites for hydroxylation is 1. The van der Waals surface area contributed by atoms with Crippen LogP contribution >= 0.6 is 11.3 Å². The smallest absolute Gasteiger partial charge is 0.409 e. The summed E-state index contributed by atoms with van der Waals surface area (Å²) in [6, 6.07) is 27.5. The zero-order valence-electron chi connectivity index (χ0n) is 23.6. The Labute approximate surface area is 257 Å². The second-order valence-corrected chi connectivity index (χ2v) is 12.5. The largest absolute Gasteiger partial charge is 0.479 e. The lowest BCUT2D eigenvalue weighted by atomic mass is 9.92. The van der Waals surface area contributed by atoms with E-state index in [-0.39, 0.29) is 13.0 Å². The lowest BCUT2D eigenvalue weighted by Gasteiger charge is -2.23. The highest BCUT2D eigenvalue weighted by molar-refractivity contribution is 7.85. The molecule has 0 radical (unpaired) electrons. The van der Waals surface area contributed by atoms with Crippen molar-refractivity contribution in [2.45, 2.75) is 55.6 Å². The average molecular weight is 616 g/mol. The molecule has 8 nitrogen and oxygen atoms in total. The van der Waals surface area contributed by atoms with Crippen molar-refractivity contribution < 1.29 is 23.6 Å². The minimum Gasteiger partial charge on any atom is -0.479 e.